The first-order valence-corrected chi connectivity index (χ1v) is 7.73. The van der Waals surface area contributed by atoms with Crippen LogP contribution < -0.4 is 10.5 Å². The third kappa shape index (κ3) is 3.09. The summed E-state index contributed by atoms with van der Waals surface area (Å²) in [4.78, 5) is 3.90. The number of rotatable bonds is 4. The van der Waals surface area contributed by atoms with Crippen LogP contribution in [-0.2, 0) is 16.6 Å². The van der Waals surface area contributed by atoms with Crippen molar-refractivity contribution in [1.29, 1.82) is 0 Å². The van der Waals surface area contributed by atoms with Gasteiger partial charge in [0, 0.05) is 12.7 Å². The van der Waals surface area contributed by atoms with Gasteiger partial charge in [-0.25, -0.2) is 4.98 Å². The van der Waals surface area contributed by atoms with Crippen molar-refractivity contribution in [3.05, 3.63) is 52.7 Å². The van der Waals surface area contributed by atoms with E-state index in [1.54, 1.807) is 31.2 Å². The van der Waals surface area contributed by atoms with Gasteiger partial charge in [-0.05, 0) is 30.2 Å². The highest BCUT2D eigenvalue weighted by molar-refractivity contribution is 7.92. The summed E-state index contributed by atoms with van der Waals surface area (Å²) in [6.45, 7) is 2.08. The Kier molecular flexibility index (Phi) is 4.27. The molecule has 0 bridgehead atoms. The summed E-state index contributed by atoms with van der Waals surface area (Å²) in [7, 11) is -3.77. The fraction of sp³-hybridized carbons (Fsp3) is 0.154. The number of pyridine rings is 1. The Balaban J connectivity index is 2.35. The topological polar surface area (TPSA) is 85.1 Å². The largest absolute Gasteiger partial charge is 0.326 e. The summed E-state index contributed by atoms with van der Waals surface area (Å²) in [6.07, 6.45) is 1.44. The van der Waals surface area contributed by atoms with Gasteiger partial charge in [0.2, 0.25) is 0 Å². The smallest absolute Gasteiger partial charge is 0.279 e. The van der Waals surface area contributed by atoms with Gasteiger partial charge >= 0.3 is 0 Å². The normalized spacial score (nSPS) is 11.3. The van der Waals surface area contributed by atoms with Crippen LogP contribution in [0.1, 0.15) is 11.1 Å². The lowest BCUT2D eigenvalue weighted by molar-refractivity contribution is 0.597. The summed E-state index contributed by atoms with van der Waals surface area (Å²) >= 11 is 6.01. The van der Waals surface area contributed by atoms with Crippen molar-refractivity contribution < 1.29 is 8.42 Å². The molecule has 0 unspecified atom stereocenters. The maximum Gasteiger partial charge on any atom is 0.279 e. The second-order valence-corrected chi connectivity index (χ2v) is 6.28. The van der Waals surface area contributed by atoms with E-state index in [0.29, 0.717) is 17.3 Å². The van der Waals surface area contributed by atoms with Crippen LogP contribution in [0.25, 0.3) is 0 Å². The molecule has 0 fully saturated rings. The molecule has 2 rings (SSSR count). The molecule has 0 atom stereocenters. The number of para-hydroxylation sites is 1. The molecule has 0 aliphatic rings. The van der Waals surface area contributed by atoms with Gasteiger partial charge in [-0.3, -0.25) is 4.72 Å². The lowest BCUT2D eigenvalue weighted by Gasteiger charge is -2.11. The number of aryl methyl sites for hydroxylation is 1. The number of hydrogen-bond acceptors (Lipinski definition) is 4. The van der Waals surface area contributed by atoms with Crippen LogP contribution in [0, 0.1) is 6.92 Å². The van der Waals surface area contributed by atoms with Gasteiger partial charge in [0.25, 0.3) is 10.0 Å². The van der Waals surface area contributed by atoms with Crippen molar-refractivity contribution in [1.82, 2.24) is 4.98 Å². The zero-order chi connectivity index (χ0) is 14.8. The van der Waals surface area contributed by atoms with E-state index in [4.69, 9.17) is 17.3 Å². The molecule has 1 aromatic carbocycles. The molecular formula is C13H14ClN3O2S. The first kappa shape index (κ1) is 14.8. The molecule has 20 heavy (non-hydrogen) atoms. The van der Waals surface area contributed by atoms with E-state index in [2.05, 4.69) is 9.71 Å². The van der Waals surface area contributed by atoms with Crippen LogP contribution in [0.2, 0.25) is 5.02 Å². The molecule has 3 N–H and O–H groups in total. The Morgan fingerprint density at radius 2 is 2.05 bits per heavy atom. The Bertz CT molecular complexity index is 695. The minimum absolute atomic E-state index is 0.0750. The van der Waals surface area contributed by atoms with Crippen molar-refractivity contribution in [2.45, 2.75) is 18.5 Å². The monoisotopic (exact) mass is 311 g/mol. The molecule has 1 heterocycles. The molecule has 1 aromatic heterocycles. The van der Waals surface area contributed by atoms with Crippen LogP contribution >= 0.6 is 11.6 Å². The fourth-order valence-corrected chi connectivity index (χ4v) is 3.05. The van der Waals surface area contributed by atoms with E-state index in [1.807, 2.05) is 0 Å². The van der Waals surface area contributed by atoms with Crippen molar-refractivity contribution >= 4 is 27.3 Å². The molecule has 0 radical (unpaired) electrons. The lowest BCUT2D eigenvalue weighted by atomic mass is 10.2. The second kappa shape index (κ2) is 5.78. The van der Waals surface area contributed by atoms with Crippen LogP contribution in [0.3, 0.4) is 0 Å². The molecule has 106 valence electrons. The van der Waals surface area contributed by atoms with E-state index in [-0.39, 0.29) is 5.03 Å². The zero-order valence-electron chi connectivity index (χ0n) is 10.8. The average Bonchev–Trinajstić information content (AvgIpc) is 2.43. The van der Waals surface area contributed by atoms with E-state index in [0.717, 1.165) is 11.1 Å². The van der Waals surface area contributed by atoms with Gasteiger partial charge in [-0.15, -0.1) is 0 Å². The number of halogens is 1. The molecule has 0 spiro atoms. The number of nitrogens with zero attached hydrogens (tertiary/aromatic N) is 1. The average molecular weight is 312 g/mol. The molecule has 0 aliphatic carbocycles. The number of aromatic nitrogens is 1. The minimum atomic E-state index is -3.77. The SMILES string of the molecule is Cc1cccc(Cl)c1NS(=O)(=O)c1ccc(CN)cn1. The number of anilines is 1. The number of nitrogens with one attached hydrogen (secondary N) is 1. The lowest BCUT2D eigenvalue weighted by Crippen LogP contribution is -2.15. The van der Waals surface area contributed by atoms with Crippen molar-refractivity contribution in [3.63, 3.8) is 0 Å². The van der Waals surface area contributed by atoms with Crippen LogP contribution in [-0.4, -0.2) is 13.4 Å². The highest BCUT2D eigenvalue weighted by Crippen LogP contribution is 2.27. The maximum atomic E-state index is 12.2. The summed E-state index contributed by atoms with van der Waals surface area (Å²) < 4.78 is 26.9. The predicted octanol–water partition coefficient (Wildman–Crippen LogP) is 2.30. The highest BCUT2D eigenvalue weighted by atomic mass is 35.5. The molecule has 7 heteroatoms. The first-order chi connectivity index (χ1) is 9.44. The summed E-state index contributed by atoms with van der Waals surface area (Å²) in [5, 5.41) is 0.265. The predicted molar refractivity (Wildman–Crippen MR) is 79.1 cm³/mol. The number of hydrogen-bond donors (Lipinski definition) is 2. The van der Waals surface area contributed by atoms with Crippen LogP contribution in [0.15, 0.2) is 41.6 Å². The van der Waals surface area contributed by atoms with Crippen molar-refractivity contribution in [2.24, 2.45) is 5.73 Å². The number of sulfonamides is 1. The van der Waals surface area contributed by atoms with Crippen molar-refractivity contribution in [3.8, 4) is 0 Å². The molecule has 5 nitrogen and oxygen atoms in total. The van der Waals surface area contributed by atoms with E-state index >= 15 is 0 Å². The maximum absolute atomic E-state index is 12.2. The van der Waals surface area contributed by atoms with Gasteiger partial charge in [0.1, 0.15) is 0 Å². The van der Waals surface area contributed by atoms with Gasteiger partial charge in [0.05, 0.1) is 10.7 Å². The Labute approximate surface area is 122 Å². The second-order valence-electron chi connectivity index (χ2n) is 4.25. The van der Waals surface area contributed by atoms with Gasteiger partial charge in [-0.1, -0.05) is 29.8 Å². The third-order valence-corrected chi connectivity index (χ3v) is 4.35. The van der Waals surface area contributed by atoms with Gasteiger partial charge in [0.15, 0.2) is 5.03 Å². The molecule has 0 saturated carbocycles. The molecule has 0 amide bonds. The molecule has 0 aliphatic heterocycles. The third-order valence-electron chi connectivity index (χ3n) is 2.77. The molecule has 2 aromatic rings. The Morgan fingerprint density at radius 1 is 1.30 bits per heavy atom. The van der Waals surface area contributed by atoms with Crippen LogP contribution in [0.5, 0.6) is 0 Å². The van der Waals surface area contributed by atoms with Crippen molar-refractivity contribution in [2.75, 3.05) is 4.72 Å². The number of nitrogens with two attached hydrogens (primary N) is 1. The van der Waals surface area contributed by atoms with Gasteiger partial charge in [-0.2, -0.15) is 8.42 Å². The summed E-state index contributed by atoms with van der Waals surface area (Å²) in [6, 6.07) is 8.19. The van der Waals surface area contributed by atoms with Crippen LogP contribution in [0.4, 0.5) is 5.69 Å². The van der Waals surface area contributed by atoms with E-state index in [9.17, 15) is 8.42 Å². The highest BCUT2D eigenvalue weighted by Gasteiger charge is 2.18. The van der Waals surface area contributed by atoms with Gasteiger partial charge < -0.3 is 5.73 Å². The Morgan fingerprint density at radius 3 is 2.60 bits per heavy atom. The number of benzene rings is 1. The van der Waals surface area contributed by atoms with E-state index < -0.39 is 10.0 Å². The van der Waals surface area contributed by atoms with E-state index in [1.165, 1.54) is 12.3 Å². The quantitative estimate of drug-likeness (QED) is 0.907. The summed E-state index contributed by atoms with van der Waals surface area (Å²) in [5.74, 6) is 0. The zero-order valence-corrected chi connectivity index (χ0v) is 12.4. The minimum Gasteiger partial charge on any atom is -0.326 e. The molecular weight excluding hydrogens is 298 g/mol. The Hall–Kier alpha value is -1.63. The standard InChI is InChI=1S/C13H14ClN3O2S/c1-9-3-2-4-11(14)13(9)17-20(18,19)12-6-5-10(7-15)8-16-12/h2-6,8,17H,7,15H2,1H3. The fourth-order valence-electron chi connectivity index (χ4n) is 1.64. The first-order valence-electron chi connectivity index (χ1n) is 5.87. The molecule has 0 saturated heterocycles. The summed E-state index contributed by atoms with van der Waals surface area (Å²) in [5.41, 5.74) is 7.31.